The van der Waals surface area contributed by atoms with Crippen molar-refractivity contribution in [3.63, 3.8) is 0 Å². The summed E-state index contributed by atoms with van der Waals surface area (Å²) >= 11 is 3.46. The van der Waals surface area contributed by atoms with Gasteiger partial charge < -0.3 is 9.74 Å². The second-order valence-corrected chi connectivity index (χ2v) is 15.9. The number of benzene rings is 1. The van der Waals surface area contributed by atoms with Crippen LogP contribution in [0.5, 0.6) is 0 Å². The Hall–Kier alpha value is -0.963. The van der Waals surface area contributed by atoms with E-state index in [1.165, 1.54) is 6.42 Å². The van der Waals surface area contributed by atoms with Crippen LogP contribution in [0, 0.1) is 10.1 Å². The van der Waals surface area contributed by atoms with Crippen LogP contribution in [0.2, 0.25) is 18.1 Å². The number of nitrogens with zero attached hydrogens (tertiary/aromatic N) is 2. The lowest BCUT2D eigenvalue weighted by Crippen LogP contribution is -2.44. The van der Waals surface area contributed by atoms with Crippen LogP contribution in [0.25, 0.3) is 0 Å². The maximum absolute atomic E-state index is 11.5. The number of hydrogen-bond acceptors (Lipinski definition) is 5. The Morgan fingerprint density at radius 2 is 2.14 bits per heavy atom. The van der Waals surface area contributed by atoms with Gasteiger partial charge in [0.15, 0.2) is 8.32 Å². The van der Waals surface area contributed by atoms with Gasteiger partial charge in [0.05, 0.1) is 10.5 Å². The first kappa shape index (κ1) is 22.7. The summed E-state index contributed by atoms with van der Waals surface area (Å²) in [6, 6.07) is 5.66. The van der Waals surface area contributed by atoms with Gasteiger partial charge in [-0.15, -0.1) is 0 Å². The zero-order valence-electron chi connectivity index (χ0n) is 18.3. The Bertz CT molecular complexity index is 768. The monoisotopic (exact) mass is 483 g/mol. The van der Waals surface area contributed by atoms with Gasteiger partial charge in [-0.3, -0.25) is 15.0 Å². The van der Waals surface area contributed by atoms with Gasteiger partial charge >= 0.3 is 0 Å². The molecule has 6 nitrogen and oxygen atoms in total. The van der Waals surface area contributed by atoms with E-state index in [-0.39, 0.29) is 21.2 Å². The minimum atomic E-state index is -1.74. The highest BCUT2D eigenvalue weighted by molar-refractivity contribution is 9.10. The van der Waals surface area contributed by atoms with Crippen molar-refractivity contribution in [2.24, 2.45) is 0 Å². The Morgan fingerprint density at radius 1 is 1.41 bits per heavy atom. The molecule has 2 aliphatic rings. The molecule has 2 unspecified atom stereocenters. The van der Waals surface area contributed by atoms with Crippen molar-refractivity contribution in [2.45, 2.75) is 76.2 Å². The van der Waals surface area contributed by atoms with E-state index in [0.29, 0.717) is 11.7 Å². The minimum absolute atomic E-state index is 0.0918. The number of nitro groups is 1. The lowest BCUT2D eigenvalue weighted by molar-refractivity contribution is -0.384. The highest BCUT2D eigenvalue weighted by atomic mass is 79.9. The van der Waals surface area contributed by atoms with Gasteiger partial charge in [-0.1, -0.05) is 36.7 Å². The molecular formula is C21H34BrN3O3Si. The number of fused-ring (bicyclic) bond motifs is 2. The van der Waals surface area contributed by atoms with Crippen molar-refractivity contribution in [3.8, 4) is 0 Å². The highest BCUT2D eigenvalue weighted by Gasteiger charge is 2.47. The van der Waals surface area contributed by atoms with Crippen LogP contribution < -0.4 is 5.32 Å². The van der Waals surface area contributed by atoms with Crippen LogP contribution in [0.15, 0.2) is 22.7 Å². The molecule has 0 aromatic heterocycles. The molecular weight excluding hydrogens is 450 g/mol. The summed E-state index contributed by atoms with van der Waals surface area (Å²) in [5.74, 6) is 0. The summed E-state index contributed by atoms with van der Waals surface area (Å²) < 4.78 is 7.26. The molecule has 1 aliphatic carbocycles. The number of halogens is 1. The molecule has 8 heteroatoms. The molecule has 29 heavy (non-hydrogen) atoms. The van der Waals surface area contributed by atoms with E-state index < -0.39 is 8.32 Å². The summed E-state index contributed by atoms with van der Waals surface area (Å²) in [6.45, 7) is 14.0. The largest absolute Gasteiger partial charge is 0.416 e. The fourth-order valence-electron chi connectivity index (χ4n) is 4.41. The normalized spacial score (nSPS) is 25.2. The summed E-state index contributed by atoms with van der Waals surface area (Å²) in [6.07, 6.45) is 4.44. The van der Waals surface area contributed by atoms with Crippen molar-refractivity contribution in [1.29, 1.82) is 0 Å². The van der Waals surface area contributed by atoms with Crippen LogP contribution in [-0.2, 0) is 4.43 Å². The van der Waals surface area contributed by atoms with E-state index >= 15 is 0 Å². The fraction of sp³-hybridized carbons (Fsp3) is 0.714. The number of nitrogens with one attached hydrogen (secondary N) is 1. The fourth-order valence-corrected chi connectivity index (χ4v) is 5.80. The summed E-state index contributed by atoms with van der Waals surface area (Å²) in [5, 5.41) is 15.3. The molecule has 2 atom stereocenters. The van der Waals surface area contributed by atoms with Crippen LogP contribution >= 0.6 is 15.9 Å². The SMILES string of the molecule is CC(C)(C)[Si](C)(C)OCCN1CC2(Nc3cc(Br)ccc3[N+](=O)[O-])CCCC1C2. The highest BCUT2D eigenvalue weighted by Crippen LogP contribution is 2.43. The molecule has 1 aromatic rings. The average Bonchev–Trinajstić information content (AvgIpc) is 2.83. The second-order valence-electron chi connectivity index (χ2n) is 10.2. The molecule has 3 rings (SSSR count). The predicted molar refractivity (Wildman–Crippen MR) is 124 cm³/mol. The third-order valence-electron chi connectivity index (χ3n) is 7.04. The van der Waals surface area contributed by atoms with Crippen LogP contribution in [0.3, 0.4) is 0 Å². The van der Waals surface area contributed by atoms with Crippen LogP contribution in [0.1, 0.15) is 46.5 Å². The maximum atomic E-state index is 11.5. The van der Waals surface area contributed by atoms with Crippen LogP contribution in [-0.4, -0.2) is 49.4 Å². The molecule has 2 fully saturated rings. The van der Waals surface area contributed by atoms with Crippen LogP contribution in [0.4, 0.5) is 11.4 Å². The van der Waals surface area contributed by atoms with E-state index in [0.717, 1.165) is 43.4 Å². The standard InChI is InChI=1S/C21H34BrN3O3Si/c1-20(2,3)29(4,5)28-12-11-24-15-21(10-6-7-17(24)14-21)23-18-13-16(22)8-9-19(18)25(26)27/h8-9,13,17,23H,6-7,10-12,14-15H2,1-5H3. The number of rotatable bonds is 7. The molecule has 162 valence electrons. The van der Waals surface area contributed by atoms with Gasteiger partial charge in [0.25, 0.3) is 5.69 Å². The van der Waals surface area contributed by atoms with Crippen molar-refractivity contribution in [1.82, 2.24) is 4.90 Å². The zero-order chi connectivity index (χ0) is 21.4. The summed E-state index contributed by atoms with van der Waals surface area (Å²) in [5.41, 5.74) is 0.666. The molecule has 2 bridgehead atoms. The van der Waals surface area contributed by atoms with E-state index in [9.17, 15) is 10.1 Å². The summed E-state index contributed by atoms with van der Waals surface area (Å²) in [4.78, 5) is 13.7. The topological polar surface area (TPSA) is 67.6 Å². The number of hydrogen-bond donors (Lipinski definition) is 1. The first-order valence-electron chi connectivity index (χ1n) is 10.5. The lowest BCUT2D eigenvalue weighted by Gasteiger charge is -2.37. The molecule has 1 N–H and O–H groups in total. The van der Waals surface area contributed by atoms with E-state index in [1.54, 1.807) is 12.1 Å². The smallest absolute Gasteiger partial charge is 0.292 e. The molecule has 1 saturated carbocycles. The predicted octanol–water partition coefficient (Wildman–Crippen LogP) is 5.79. The molecule has 0 spiro atoms. The van der Waals surface area contributed by atoms with Gasteiger partial charge in [-0.2, -0.15) is 0 Å². The Labute approximate surface area is 183 Å². The van der Waals surface area contributed by atoms with Gasteiger partial charge in [-0.25, -0.2) is 0 Å². The zero-order valence-corrected chi connectivity index (χ0v) is 20.8. The average molecular weight is 485 g/mol. The number of nitro benzene ring substituents is 1. The number of anilines is 1. The maximum Gasteiger partial charge on any atom is 0.292 e. The molecule has 1 aliphatic heterocycles. The minimum Gasteiger partial charge on any atom is -0.416 e. The van der Waals surface area contributed by atoms with Gasteiger partial charge in [0.2, 0.25) is 0 Å². The molecule has 1 aromatic carbocycles. The third-order valence-corrected chi connectivity index (χ3v) is 12.1. The second kappa shape index (κ2) is 8.28. The Kier molecular flexibility index (Phi) is 6.49. The first-order valence-corrected chi connectivity index (χ1v) is 14.2. The molecule has 0 radical (unpaired) electrons. The lowest BCUT2D eigenvalue weighted by atomic mass is 9.83. The van der Waals surface area contributed by atoms with E-state index in [1.807, 2.05) is 6.07 Å². The van der Waals surface area contributed by atoms with Crippen molar-refractivity contribution >= 4 is 35.6 Å². The Morgan fingerprint density at radius 3 is 2.79 bits per heavy atom. The van der Waals surface area contributed by atoms with Crippen molar-refractivity contribution in [2.75, 3.05) is 25.0 Å². The van der Waals surface area contributed by atoms with Crippen molar-refractivity contribution in [3.05, 3.63) is 32.8 Å². The van der Waals surface area contributed by atoms with Crippen molar-refractivity contribution < 1.29 is 9.35 Å². The quantitative estimate of drug-likeness (QED) is 0.302. The molecule has 1 saturated heterocycles. The molecule has 1 heterocycles. The Balaban J connectivity index is 1.68. The van der Waals surface area contributed by atoms with Gasteiger partial charge in [0.1, 0.15) is 5.69 Å². The third kappa shape index (κ3) is 5.03. The van der Waals surface area contributed by atoms with E-state index in [2.05, 4.69) is 60.0 Å². The molecule has 0 amide bonds. The van der Waals surface area contributed by atoms with Gasteiger partial charge in [-0.05, 0) is 55.9 Å². The first-order chi connectivity index (χ1) is 13.4. The number of likely N-dealkylation sites (tertiary alicyclic amines) is 1. The van der Waals surface area contributed by atoms with Gasteiger partial charge in [0, 0.05) is 36.3 Å². The van der Waals surface area contributed by atoms with E-state index in [4.69, 9.17) is 4.43 Å². The summed E-state index contributed by atoms with van der Waals surface area (Å²) in [7, 11) is -1.74.